The zero-order valence-corrected chi connectivity index (χ0v) is 18.2. The van der Waals surface area contributed by atoms with E-state index in [1.54, 1.807) is 6.92 Å². The molecule has 0 spiro atoms. The summed E-state index contributed by atoms with van der Waals surface area (Å²) in [7, 11) is 0. The van der Waals surface area contributed by atoms with E-state index < -0.39 is 0 Å². The minimum Gasteiger partial charge on any atom is -0.462 e. The van der Waals surface area contributed by atoms with Crippen molar-refractivity contribution in [2.45, 2.75) is 66.4 Å². The average molecular weight is 397 g/mol. The summed E-state index contributed by atoms with van der Waals surface area (Å²) in [6, 6.07) is 0. The third kappa shape index (κ3) is 2.11. The van der Waals surface area contributed by atoms with Crippen LogP contribution in [0.5, 0.6) is 0 Å². The van der Waals surface area contributed by atoms with Crippen molar-refractivity contribution in [1.82, 2.24) is 0 Å². The number of hydrogen-bond acceptors (Lipinski definition) is 4. The van der Waals surface area contributed by atoms with Gasteiger partial charge in [0.15, 0.2) is 17.3 Å². The summed E-state index contributed by atoms with van der Waals surface area (Å²) in [5.41, 5.74) is 1.29. The smallest absolute Gasteiger partial charge is 0.302 e. The number of carbonyl (C=O) groups is 2. The molecule has 0 saturated heterocycles. The van der Waals surface area contributed by atoms with Crippen LogP contribution in [-0.4, -0.2) is 17.9 Å². The van der Waals surface area contributed by atoms with Gasteiger partial charge in [-0.3, -0.25) is 9.59 Å². The minimum atomic E-state index is -0.153. The molecule has 1 unspecified atom stereocenters. The molecule has 3 fully saturated rings. The van der Waals surface area contributed by atoms with E-state index in [0.29, 0.717) is 41.3 Å². The van der Waals surface area contributed by atoms with Crippen LogP contribution in [0.4, 0.5) is 0 Å². The Morgan fingerprint density at radius 3 is 2.66 bits per heavy atom. The molecule has 0 radical (unpaired) electrons. The summed E-state index contributed by atoms with van der Waals surface area (Å²) in [5.74, 6) is 5.45. The van der Waals surface area contributed by atoms with Gasteiger partial charge in [-0.15, -0.1) is 0 Å². The molecule has 3 saturated carbocycles. The number of rotatable bonds is 2. The van der Waals surface area contributed by atoms with Crippen LogP contribution >= 0.6 is 0 Å². The van der Waals surface area contributed by atoms with Crippen LogP contribution in [-0.2, 0) is 19.1 Å². The molecular formula is C25H32O4. The van der Waals surface area contributed by atoms with Crippen molar-refractivity contribution >= 4 is 11.8 Å². The molecule has 0 amide bonds. The van der Waals surface area contributed by atoms with E-state index in [-0.39, 0.29) is 28.8 Å². The zero-order valence-electron chi connectivity index (χ0n) is 18.2. The van der Waals surface area contributed by atoms with Crippen molar-refractivity contribution in [2.75, 3.05) is 0 Å². The fourth-order valence-electron chi connectivity index (χ4n) is 8.31. The predicted molar refractivity (Wildman–Crippen MR) is 107 cm³/mol. The summed E-state index contributed by atoms with van der Waals surface area (Å²) in [4.78, 5) is 24.4. The Kier molecular flexibility index (Phi) is 3.37. The maximum absolute atomic E-state index is 12.5. The van der Waals surface area contributed by atoms with Gasteiger partial charge in [-0.25, -0.2) is 0 Å². The first kappa shape index (κ1) is 18.2. The molecule has 0 aromatic rings. The predicted octanol–water partition coefficient (Wildman–Crippen LogP) is 4.65. The Morgan fingerprint density at radius 1 is 1.21 bits per heavy atom. The molecule has 0 N–H and O–H groups in total. The standard InChI is InChI=1S/C25H32O4/c1-11(2)13-8-17-20-15(6-7-24(17,4)23(13)28-12(3)26)25(5)16-9-14(16)19(27)10-18(25)21-22(20)29-21/h10-11,13-17,20,23H,6-9H2,1-5H3/t13-,14-,15+,16?,17+,20-,23+,24+,25+/m1/s1. The molecule has 29 heavy (non-hydrogen) atoms. The Morgan fingerprint density at radius 2 is 1.97 bits per heavy atom. The molecule has 1 heterocycles. The highest BCUT2D eigenvalue weighted by Gasteiger charge is 2.72. The fourth-order valence-corrected chi connectivity index (χ4v) is 8.31. The molecule has 0 bridgehead atoms. The highest BCUT2D eigenvalue weighted by molar-refractivity contribution is 5.97. The van der Waals surface area contributed by atoms with Crippen LogP contribution in [0.15, 0.2) is 23.2 Å². The van der Waals surface area contributed by atoms with Crippen molar-refractivity contribution in [3.63, 3.8) is 0 Å². The van der Waals surface area contributed by atoms with Crippen LogP contribution in [0.2, 0.25) is 0 Å². The molecule has 4 nitrogen and oxygen atoms in total. The number of esters is 1. The number of ether oxygens (including phenoxy) is 2. The third-order valence-electron chi connectivity index (χ3n) is 9.93. The maximum Gasteiger partial charge on any atom is 0.302 e. The largest absolute Gasteiger partial charge is 0.462 e. The van der Waals surface area contributed by atoms with Gasteiger partial charge in [-0.2, -0.15) is 0 Å². The van der Waals surface area contributed by atoms with E-state index in [0.717, 1.165) is 37.2 Å². The first-order valence-corrected chi connectivity index (χ1v) is 11.5. The molecule has 0 aromatic carbocycles. The van der Waals surface area contributed by atoms with Gasteiger partial charge in [-0.1, -0.05) is 27.7 Å². The quantitative estimate of drug-likeness (QED) is 0.638. The second-order valence-electron chi connectivity index (χ2n) is 11.4. The average Bonchev–Trinajstić information content (AvgIpc) is 3.54. The lowest BCUT2D eigenvalue weighted by molar-refractivity contribution is -0.160. The van der Waals surface area contributed by atoms with E-state index in [2.05, 4.69) is 27.7 Å². The molecule has 4 heteroatoms. The van der Waals surface area contributed by atoms with Crippen molar-refractivity contribution in [3.8, 4) is 0 Å². The number of carbonyl (C=O) groups excluding carboxylic acids is 2. The van der Waals surface area contributed by atoms with Crippen molar-refractivity contribution in [3.05, 3.63) is 23.2 Å². The zero-order chi connectivity index (χ0) is 20.5. The maximum atomic E-state index is 12.5. The molecule has 0 aromatic heterocycles. The van der Waals surface area contributed by atoms with Gasteiger partial charge in [0.25, 0.3) is 0 Å². The van der Waals surface area contributed by atoms with Crippen LogP contribution < -0.4 is 0 Å². The highest BCUT2D eigenvalue weighted by Crippen LogP contribution is 2.75. The molecule has 156 valence electrons. The Hall–Kier alpha value is -1.58. The second kappa shape index (κ2) is 5.36. The number of hydrogen-bond donors (Lipinski definition) is 0. The summed E-state index contributed by atoms with van der Waals surface area (Å²) < 4.78 is 12.2. The first-order valence-electron chi connectivity index (χ1n) is 11.5. The lowest BCUT2D eigenvalue weighted by atomic mass is 9.49. The van der Waals surface area contributed by atoms with Crippen LogP contribution in [0.1, 0.15) is 60.3 Å². The van der Waals surface area contributed by atoms with E-state index in [9.17, 15) is 9.59 Å². The van der Waals surface area contributed by atoms with E-state index in [1.165, 1.54) is 5.57 Å². The summed E-state index contributed by atoms with van der Waals surface area (Å²) in [6.07, 6.45) is 6.31. The normalized spacial score (nSPS) is 51.2. The van der Waals surface area contributed by atoms with Crippen molar-refractivity contribution in [2.24, 2.45) is 52.3 Å². The van der Waals surface area contributed by atoms with Gasteiger partial charge >= 0.3 is 5.97 Å². The number of allylic oxidation sites excluding steroid dienone is 3. The lowest BCUT2D eigenvalue weighted by Gasteiger charge is -2.54. The Bertz CT molecular complexity index is 896. The van der Waals surface area contributed by atoms with Gasteiger partial charge in [0, 0.05) is 35.2 Å². The summed E-state index contributed by atoms with van der Waals surface area (Å²) in [5, 5.41) is 0. The molecule has 6 rings (SSSR count). The SMILES string of the molecule is CC(=O)O[C@H]1[C@@H](C(C)C)C[C@H]2[C@@H]3C4=C(O4)C4=CC(=O)[C@@H]5CC5[C@]4(C)[C@H]3CC[C@@]21C. The summed E-state index contributed by atoms with van der Waals surface area (Å²) >= 11 is 0. The molecule has 9 atom stereocenters. The van der Waals surface area contributed by atoms with Crippen molar-refractivity contribution < 1.29 is 19.1 Å². The number of fused-ring (bicyclic) bond motifs is 9. The van der Waals surface area contributed by atoms with Gasteiger partial charge in [0.05, 0.1) is 0 Å². The van der Waals surface area contributed by atoms with Crippen LogP contribution in [0.3, 0.4) is 0 Å². The fraction of sp³-hybridized carbons (Fsp3) is 0.760. The van der Waals surface area contributed by atoms with E-state index >= 15 is 0 Å². The van der Waals surface area contributed by atoms with E-state index in [4.69, 9.17) is 9.47 Å². The van der Waals surface area contributed by atoms with Gasteiger partial charge in [0.2, 0.25) is 0 Å². The van der Waals surface area contributed by atoms with Crippen molar-refractivity contribution in [1.29, 1.82) is 0 Å². The minimum absolute atomic E-state index is 0.0000947. The topological polar surface area (TPSA) is 55.9 Å². The molecule has 1 aliphatic heterocycles. The molecule has 6 aliphatic rings. The van der Waals surface area contributed by atoms with E-state index in [1.807, 2.05) is 6.08 Å². The molecule has 5 aliphatic carbocycles. The lowest BCUT2D eigenvalue weighted by Crippen LogP contribution is -2.51. The molecular weight excluding hydrogens is 364 g/mol. The highest BCUT2D eigenvalue weighted by atomic mass is 16.6. The Balaban J connectivity index is 1.44. The summed E-state index contributed by atoms with van der Waals surface area (Å²) in [6.45, 7) is 10.9. The van der Waals surface area contributed by atoms with Gasteiger partial charge < -0.3 is 9.47 Å². The second-order valence-corrected chi connectivity index (χ2v) is 11.4. The Labute approximate surface area is 173 Å². The van der Waals surface area contributed by atoms with Gasteiger partial charge in [-0.05, 0) is 61.3 Å². The first-order chi connectivity index (χ1) is 13.7. The number of ketones is 1. The van der Waals surface area contributed by atoms with Crippen LogP contribution in [0, 0.1) is 52.3 Å². The van der Waals surface area contributed by atoms with Gasteiger partial charge in [0.1, 0.15) is 6.10 Å². The third-order valence-corrected chi connectivity index (χ3v) is 9.93. The van der Waals surface area contributed by atoms with Crippen LogP contribution in [0.25, 0.3) is 0 Å². The monoisotopic (exact) mass is 396 g/mol.